The van der Waals surface area contributed by atoms with Crippen LogP contribution < -0.4 is 42.0 Å². The molecule has 392 valence electrons. The maximum Gasteiger partial charge on any atom is 0.328 e. The summed E-state index contributed by atoms with van der Waals surface area (Å²) in [5.74, 6) is 2.42. The predicted molar refractivity (Wildman–Crippen MR) is 335 cm³/mol. The second kappa shape index (κ2) is 22.6. The van der Waals surface area contributed by atoms with Crippen molar-refractivity contribution in [2.24, 2.45) is 18.9 Å². The molecule has 0 saturated carbocycles. The molecule has 12 aromatic rings. The van der Waals surface area contributed by atoms with Gasteiger partial charge in [-0.15, -0.1) is 11.3 Å². The molecular formula is C69H57B2N7O2S. The normalized spacial score (nSPS) is 12.2. The van der Waals surface area contributed by atoms with E-state index in [1.165, 1.54) is 11.3 Å². The number of thiazole rings is 1. The van der Waals surface area contributed by atoms with Crippen molar-refractivity contribution >= 4 is 90.2 Å². The highest BCUT2D eigenvalue weighted by atomic mass is 32.1. The predicted octanol–water partition coefficient (Wildman–Crippen LogP) is 11.4. The van der Waals surface area contributed by atoms with Crippen LogP contribution in [0.25, 0.3) is 70.7 Å². The third kappa shape index (κ3) is 9.90. The number of benzene rings is 8. The zero-order chi connectivity index (χ0) is 55.6. The minimum absolute atomic E-state index is 0.262. The van der Waals surface area contributed by atoms with Crippen LogP contribution in [-0.4, -0.2) is 50.4 Å². The zero-order valence-electron chi connectivity index (χ0n) is 45.9. The fraction of sp³-hybridized carbons (Fsp3) is 0.130. The Hall–Kier alpha value is -9.61. The van der Waals surface area contributed by atoms with E-state index in [1.807, 2.05) is 103 Å². The van der Waals surface area contributed by atoms with Gasteiger partial charge in [0, 0.05) is 45.7 Å². The monoisotopic (exact) mass is 1070 g/mol. The van der Waals surface area contributed by atoms with E-state index in [9.17, 15) is 11.8 Å². The first-order chi connectivity index (χ1) is 39.7. The van der Waals surface area contributed by atoms with Crippen molar-refractivity contribution in [3.05, 3.63) is 251 Å². The summed E-state index contributed by atoms with van der Waals surface area (Å²) in [6, 6.07) is 77.6. The van der Waals surface area contributed by atoms with Crippen LogP contribution in [0.5, 0.6) is 11.5 Å². The Balaban J connectivity index is 1.44. The molecule has 0 atom stereocenters. The fourth-order valence-corrected chi connectivity index (χ4v) is 12.2. The Kier molecular flexibility index (Phi) is 14.6. The van der Waals surface area contributed by atoms with Crippen molar-refractivity contribution in [3.8, 4) is 40.1 Å². The standard InChI is InChI=1S/C69H57B2N7O2S/c1-46(2)44-79-54-35-23-25-48(41-54)64-61-62(67(63(73-5)68-74-57-37-19-21-39-59(57)76(68)6)78(64)71(52-31-15-9-16-32-52)53-33-17-10-18-34-53)65(49-26-24-36-55(42-49)80-45-47(3)4)77(70(50-27-11-7-12-28-50)51-29-13-8-14-30-51)66(61)56(43-72)69-75-58-38-20-22-40-60(58)81-69/h7-42,46-47H,44-45H2,1-4,6H3/b66-56-,67-63+. The molecule has 0 aliphatic heterocycles. The summed E-state index contributed by atoms with van der Waals surface area (Å²) in [7, 11) is 1.99. The maximum atomic E-state index is 12.4. The molecule has 0 aliphatic rings. The molecule has 0 spiro atoms. The van der Waals surface area contributed by atoms with Crippen LogP contribution >= 0.6 is 11.3 Å². The molecule has 0 amide bonds. The van der Waals surface area contributed by atoms with Gasteiger partial charge in [-0.2, -0.15) is 5.26 Å². The molecule has 0 unspecified atom stereocenters. The van der Waals surface area contributed by atoms with Gasteiger partial charge in [-0.05, 0) is 60.4 Å². The van der Waals surface area contributed by atoms with Gasteiger partial charge in [-0.3, -0.25) is 0 Å². The van der Waals surface area contributed by atoms with Gasteiger partial charge in [0.05, 0.1) is 46.4 Å². The lowest BCUT2D eigenvalue weighted by atomic mass is 9.50. The molecule has 12 rings (SSSR count). The molecule has 81 heavy (non-hydrogen) atoms. The lowest BCUT2D eigenvalue weighted by Gasteiger charge is -2.24. The first-order valence-electron chi connectivity index (χ1n) is 27.5. The number of aromatic nitrogens is 5. The summed E-state index contributed by atoms with van der Waals surface area (Å²) in [6.45, 7) is 18.2. The van der Waals surface area contributed by atoms with Gasteiger partial charge in [0.2, 0.25) is 0 Å². The fourth-order valence-electron chi connectivity index (χ4n) is 11.2. The topological polar surface area (TPSA) is 87.2 Å². The summed E-state index contributed by atoms with van der Waals surface area (Å²) in [6.07, 6.45) is 0. The van der Waals surface area contributed by atoms with E-state index >= 15 is 0 Å². The summed E-state index contributed by atoms with van der Waals surface area (Å²) in [5.41, 5.74) is 10.4. The van der Waals surface area contributed by atoms with E-state index in [4.69, 9.17) is 24.3 Å². The molecule has 4 heterocycles. The molecule has 8 aromatic carbocycles. The third-order valence-corrected chi connectivity index (χ3v) is 15.8. The average Bonchev–Trinajstić information content (AvgIpc) is 2.18. The number of ether oxygens (including phenoxy) is 2. The SMILES string of the molecule is [C-]#[N+]/C(c1nc2ccccc2n1C)=c1\c2c(-c3cccc(OCC(C)C)c3)n(B(c3ccccc3)c3ccccc3)/c(=C(/C#N)c3nc4ccccc4s3)c2c(-c2cccc(OCC(C)C)c2)n1B(c1ccccc1)c1ccccc1. The Morgan fingerprint density at radius 2 is 1.00 bits per heavy atom. The van der Waals surface area contributed by atoms with Crippen LogP contribution in [0.2, 0.25) is 0 Å². The van der Waals surface area contributed by atoms with Gasteiger partial charge in [-0.1, -0.05) is 219 Å². The van der Waals surface area contributed by atoms with Crippen molar-refractivity contribution < 1.29 is 9.47 Å². The van der Waals surface area contributed by atoms with Gasteiger partial charge in [0.1, 0.15) is 34.0 Å². The van der Waals surface area contributed by atoms with Crippen LogP contribution in [0.15, 0.2) is 218 Å². The van der Waals surface area contributed by atoms with E-state index in [0.29, 0.717) is 57.5 Å². The van der Waals surface area contributed by atoms with Crippen molar-refractivity contribution in [2.75, 3.05) is 13.2 Å². The molecule has 0 radical (unpaired) electrons. The van der Waals surface area contributed by atoms with Gasteiger partial charge in [-0.25, -0.2) is 14.8 Å². The quantitative estimate of drug-likeness (QED) is 0.0711. The van der Waals surface area contributed by atoms with Crippen molar-refractivity contribution in [3.63, 3.8) is 0 Å². The molecule has 0 aliphatic carbocycles. The Morgan fingerprint density at radius 3 is 1.46 bits per heavy atom. The number of imidazole rings is 1. The lowest BCUT2D eigenvalue weighted by Crippen LogP contribution is -2.54. The molecule has 0 N–H and O–H groups in total. The van der Waals surface area contributed by atoms with Crippen LogP contribution in [0.1, 0.15) is 38.5 Å². The summed E-state index contributed by atoms with van der Waals surface area (Å²) >= 11 is 1.50. The number of nitrogens with zero attached hydrogens (tertiary/aromatic N) is 7. The van der Waals surface area contributed by atoms with E-state index in [-0.39, 0.29) is 11.8 Å². The minimum Gasteiger partial charge on any atom is -0.493 e. The highest BCUT2D eigenvalue weighted by molar-refractivity contribution is 7.19. The highest BCUT2D eigenvalue weighted by Gasteiger charge is 2.38. The van der Waals surface area contributed by atoms with E-state index in [0.717, 1.165) is 76.4 Å². The average molecular weight is 1070 g/mol. The molecule has 4 aromatic heterocycles. The first kappa shape index (κ1) is 52.1. The number of para-hydroxylation sites is 3. The largest absolute Gasteiger partial charge is 0.493 e. The highest BCUT2D eigenvalue weighted by Crippen LogP contribution is 2.39. The van der Waals surface area contributed by atoms with Crippen molar-refractivity contribution in [1.82, 2.24) is 23.5 Å². The van der Waals surface area contributed by atoms with Crippen molar-refractivity contribution in [2.45, 2.75) is 27.7 Å². The third-order valence-electron chi connectivity index (χ3n) is 14.7. The summed E-state index contributed by atoms with van der Waals surface area (Å²) < 4.78 is 21.0. The van der Waals surface area contributed by atoms with Gasteiger partial charge >= 0.3 is 13.7 Å². The van der Waals surface area contributed by atoms with Crippen LogP contribution in [0.4, 0.5) is 0 Å². The van der Waals surface area contributed by atoms with Crippen molar-refractivity contribution in [1.29, 1.82) is 5.26 Å². The van der Waals surface area contributed by atoms with E-state index < -0.39 is 13.7 Å². The number of hydrogen-bond donors (Lipinski definition) is 0. The Labute approximate surface area is 477 Å². The Bertz CT molecular complexity index is 4310. The van der Waals surface area contributed by atoms with E-state index in [2.05, 4.69) is 170 Å². The van der Waals surface area contributed by atoms with Gasteiger partial charge in [0.15, 0.2) is 0 Å². The zero-order valence-corrected chi connectivity index (χ0v) is 46.7. The smallest absolute Gasteiger partial charge is 0.328 e. The summed E-state index contributed by atoms with van der Waals surface area (Å²) in [4.78, 5) is 15.4. The molecule has 9 nitrogen and oxygen atoms in total. The second-order valence-electron chi connectivity index (χ2n) is 21.2. The number of fused-ring (bicyclic) bond motifs is 3. The number of rotatable bonds is 16. The number of hydrogen-bond acceptors (Lipinski definition) is 6. The maximum absolute atomic E-state index is 12.4. The minimum atomic E-state index is -0.543. The molecule has 12 heteroatoms. The molecule has 0 saturated heterocycles. The van der Waals surface area contributed by atoms with E-state index in [1.54, 1.807) is 0 Å². The first-order valence-corrected chi connectivity index (χ1v) is 28.3. The molecular weight excluding hydrogens is 1010 g/mol. The number of nitriles is 1. The molecule has 0 bridgehead atoms. The van der Waals surface area contributed by atoms with Crippen LogP contribution in [0, 0.1) is 29.7 Å². The molecule has 0 fully saturated rings. The lowest BCUT2D eigenvalue weighted by molar-refractivity contribution is 0.271. The Morgan fingerprint density at radius 1 is 0.556 bits per heavy atom. The summed E-state index contributed by atoms with van der Waals surface area (Å²) in [5, 5.41) is 15.7. The van der Waals surface area contributed by atoms with Gasteiger partial charge < -0.3 is 23.0 Å². The van der Waals surface area contributed by atoms with Crippen LogP contribution in [-0.2, 0) is 7.05 Å². The van der Waals surface area contributed by atoms with Crippen LogP contribution in [0.3, 0.4) is 0 Å². The number of aryl methyl sites for hydroxylation is 1. The second-order valence-corrected chi connectivity index (χ2v) is 22.2. The van der Waals surface area contributed by atoms with Gasteiger partial charge in [0.25, 0.3) is 5.70 Å².